The highest BCUT2D eigenvalue weighted by atomic mass is 19.1. The molecule has 2 N–H and O–H groups in total. The molecule has 94 valence electrons. The lowest BCUT2D eigenvalue weighted by atomic mass is 9.94. The summed E-state index contributed by atoms with van der Waals surface area (Å²) in [6.07, 6.45) is 0. The Morgan fingerprint density at radius 2 is 2.18 bits per heavy atom. The second-order valence-electron chi connectivity index (χ2n) is 4.39. The van der Waals surface area contributed by atoms with Crippen molar-refractivity contribution in [2.75, 3.05) is 19.0 Å². The van der Waals surface area contributed by atoms with Gasteiger partial charge in [0, 0.05) is 18.3 Å². The van der Waals surface area contributed by atoms with Gasteiger partial charge in [-0.3, -0.25) is 4.79 Å². The number of carboxylic acid groups (broad SMARTS) is 1. The van der Waals surface area contributed by atoms with E-state index in [1.807, 2.05) is 0 Å². The van der Waals surface area contributed by atoms with Crippen LogP contribution in [0.2, 0.25) is 0 Å². The highest BCUT2D eigenvalue weighted by Crippen LogP contribution is 2.23. The number of carboxylic acids is 1. The first-order valence-corrected chi connectivity index (χ1v) is 5.17. The Balaban J connectivity index is 2.73. The number of hydrogen-bond donors (Lipinski definition) is 2. The van der Waals surface area contributed by atoms with E-state index >= 15 is 0 Å². The fourth-order valence-corrected chi connectivity index (χ4v) is 1.17. The van der Waals surface area contributed by atoms with Crippen LogP contribution in [0, 0.1) is 11.2 Å². The van der Waals surface area contributed by atoms with Gasteiger partial charge in [0.2, 0.25) is 0 Å². The first kappa shape index (κ1) is 13.3. The molecule has 0 saturated heterocycles. The monoisotopic (exact) mass is 241 g/mol. The third-order valence-corrected chi connectivity index (χ3v) is 2.46. The second kappa shape index (κ2) is 5.03. The lowest BCUT2D eigenvalue weighted by Crippen LogP contribution is -2.31. The van der Waals surface area contributed by atoms with Crippen LogP contribution in [0.3, 0.4) is 0 Å². The minimum absolute atomic E-state index is 0.128. The van der Waals surface area contributed by atoms with Gasteiger partial charge in [-0.1, -0.05) is 0 Å². The molecule has 0 saturated carbocycles. The molecule has 0 atom stereocenters. The Labute approximate surface area is 99.4 Å². The van der Waals surface area contributed by atoms with Gasteiger partial charge >= 0.3 is 5.97 Å². The third-order valence-electron chi connectivity index (χ3n) is 2.46. The van der Waals surface area contributed by atoms with E-state index < -0.39 is 17.2 Å². The summed E-state index contributed by atoms with van der Waals surface area (Å²) in [7, 11) is 1.38. The van der Waals surface area contributed by atoms with Gasteiger partial charge in [-0.05, 0) is 26.0 Å². The largest absolute Gasteiger partial charge is 0.494 e. The number of aliphatic carboxylic acids is 1. The maximum atomic E-state index is 13.1. The summed E-state index contributed by atoms with van der Waals surface area (Å²) < 4.78 is 18.0. The van der Waals surface area contributed by atoms with Gasteiger partial charge in [0.15, 0.2) is 11.6 Å². The number of halogens is 1. The first-order valence-electron chi connectivity index (χ1n) is 5.17. The predicted octanol–water partition coefficient (Wildman–Crippen LogP) is 2.36. The van der Waals surface area contributed by atoms with Gasteiger partial charge < -0.3 is 15.2 Å². The molecule has 17 heavy (non-hydrogen) atoms. The molecule has 0 amide bonds. The molecule has 5 heteroatoms. The van der Waals surface area contributed by atoms with Crippen LogP contribution in [0.25, 0.3) is 0 Å². The van der Waals surface area contributed by atoms with Crippen LogP contribution in [-0.2, 0) is 4.79 Å². The molecule has 0 spiro atoms. The van der Waals surface area contributed by atoms with Gasteiger partial charge in [0.05, 0.1) is 12.5 Å². The molecular weight excluding hydrogens is 225 g/mol. The molecule has 1 aromatic carbocycles. The highest BCUT2D eigenvalue weighted by Gasteiger charge is 2.26. The Morgan fingerprint density at radius 1 is 1.53 bits per heavy atom. The summed E-state index contributed by atoms with van der Waals surface area (Å²) in [5, 5.41) is 11.9. The van der Waals surface area contributed by atoms with Crippen LogP contribution in [0.1, 0.15) is 13.8 Å². The standard InChI is InChI=1S/C12H16FNO3/c1-12(2,11(15)16)7-14-8-4-5-9(13)10(6-8)17-3/h4-6,14H,7H2,1-3H3,(H,15,16). The van der Waals surface area contributed by atoms with Crippen LogP contribution >= 0.6 is 0 Å². The molecule has 0 fully saturated rings. The number of hydrogen-bond acceptors (Lipinski definition) is 3. The van der Waals surface area contributed by atoms with Crippen LogP contribution in [0.15, 0.2) is 18.2 Å². The van der Waals surface area contributed by atoms with Gasteiger partial charge in [-0.15, -0.1) is 0 Å². The van der Waals surface area contributed by atoms with Gasteiger partial charge in [-0.25, -0.2) is 4.39 Å². The maximum absolute atomic E-state index is 13.1. The molecule has 0 unspecified atom stereocenters. The van der Waals surface area contributed by atoms with E-state index in [0.29, 0.717) is 5.69 Å². The lowest BCUT2D eigenvalue weighted by molar-refractivity contribution is -0.146. The highest BCUT2D eigenvalue weighted by molar-refractivity contribution is 5.74. The van der Waals surface area contributed by atoms with Crippen molar-refractivity contribution in [1.82, 2.24) is 0 Å². The van der Waals surface area contributed by atoms with Crippen molar-refractivity contribution < 1.29 is 19.0 Å². The van der Waals surface area contributed by atoms with Crippen molar-refractivity contribution in [1.29, 1.82) is 0 Å². The van der Waals surface area contributed by atoms with Gasteiger partial charge in [0.25, 0.3) is 0 Å². The van der Waals surface area contributed by atoms with Crippen LogP contribution in [0.4, 0.5) is 10.1 Å². The number of carbonyl (C=O) groups is 1. The normalized spacial score (nSPS) is 11.1. The molecule has 0 aromatic heterocycles. The fourth-order valence-electron chi connectivity index (χ4n) is 1.17. The maximum Gasteiger partial charge on any atom is 0.310 e. The summed E-state index contributed by atoms with van der Waals surface area (Å²) in [5.74, 6) is -1.21. The molecule has 0 heterocycles. The van der Waals surface area contributed by atoms with Gasteiger partial charge in [-0.2, -0.15) is 0 Å². The molecule has 0 aliphatic carbocycles. The summed E-state index contributed by atoms with van der Waals surface area (Å²) >= 11 is 0. The topological polar surface area (TPSA) is 58.6 Å². The average molecular weight is 241 g/mol. The zero-order chi connectivity index (χ0) is 13.1. The van der Waals surface area contributed by atoms with E-state index in [9.17, 15) is 9.18 Å². The number of benzene rings is 1. The van der Waals surface area contributed by atoms with Crippen molar-refractivity contribution in [2.24, 2.45) is 5.41 Å². The summed E-state index contributed by atoms with van der Waals surface area (Å²) in [4.78, 5) is 10.9. The van der Waals surface area contributed by atoms with E-state index in [4.69, 9.17) is 9.84 Å². The molecule has 0 radical (unpaired) electrons. The predicted molar refractivity (Wildman–Crippen MR) is 62.9 cm³/mol. The van der Waals surface area contributed by atoms with Gasteiger partial charge in [0.1, 0.15) is 0 Å². The summed E-state index contributed by atoms with van der Waals surface area (Å²) in [6.45, 7) is 3.48. The number of nitrogens with one attached hydrogen (secondary N) is 1. The molecule has 0 aliphatic heterocycles. The van der Waals surface area contributed by atoms with Crippen LogP contribution in [0.5, 0.6) is 5.75 Å². The minimum Gasteiger partial charge on any atom is -0.494 e. The average Bonchev–Trinajstić information content (AvgIpc) is 2.28. The minimum atomic E-state index is -0.890. The Kier molecular flexibility index (Phi) is 3.93. The van der Waals surface area contributed by atoms with E-state index in [0.717, 1.165) is 0 Å². The van der Waals surface area contributed by atoms with Crippen molar-refractivity contribution in [2.45, 2.75) is 13.8 Å². The molecule has 0 bridgehead atoms. The zero-order valence-electron chi connectivity index (χ0n) is 10.1. The van der Waals surface area contributed by atoms with E-state index in [2.05, 4.69) is 5.32 Å². The third kappa shape index (κ3) is 3.34. The quantitative estimate of drug-likeness (QED) is 0.830. The summed E-state index contributed by atoms with van der Waals surface area (Å²) in [6, 6.07) is 4.30. The van der Waals surface area contributed by atoms with Crippen molar-refractivity contribution >= 4 is 11.7 Å². The zero-order valence-corrected chi connectivity index (χ0v) is 10.1. The Hall–Kier alpha value is -1.78. The number of ether oxygens (including phenoxy) is 1. The molecule has 4 nitrogen and oxygen atoms in total. The number of rotatable bonds is 5. The molecule has 1 aromatic rings. The SMILES string of the molecule is COc1cc(NCC(C)(C)C(=O)O)ccc1F. The Morgan fingerprint density at radius 3 is 2.71 bits per heavy atom. The number of anilines is 1. The van der Waals surface area contributed by atoms with Crippen molar-refractivity contribution in [3.63, 3.8) is 0 Å². The smallest absolute Gasteiger partial charge is 0.310 e. The second-order valence-corrected chi connectivity index (χ2v) is 4.39. The lowest BCUT2D eigenvalue weighted by Gasteiger charge is -2.20. The van der Waals surface area contributed by atoms with E-state index in [-0.39, 0.29) is 12.3 Å². The number of methoxy groups -OCH3 is 1. The Bertz CT molecular complexity index is 418. The summed E-state index contributed by atoms with van der Waals surface area (Å²) in [5.41, 5.74) is -0.265. The van der Waals surface area contributed by atoms with Crippen molar-refractivity contribution in [3.05, 3.63) is 24.0 Å². The van der Waals surface area contributed by atoms with Crippen LogP contribution < -0.4 is 10.1 Å². The fraction of sp³-hybridized carbons (Fsp3) is 0.417. The van der Waals surface area contributed by atoms with E-state index in [1.54, 1.807) is 13.8 Å². The van der Waals surface area contributed by atoms with Crippen molar-refractivity contribution in [3.8, 4) is 5.75 Å². The first-order chi connectivity index (χ1) is 7.86. The van der Waals surface area contributed by atoms with E-state index in [1.165, 1.54) is 25.3 Å². The van der Waals surface area contributed by atoms with Crippen LogP contribution in [-0.4, -0.2) is 24.7 Å². The molecular formula is C12H16FNO3. The molecule has 1 rings (SSSR count). The molecule has 0 aliphatic rings.